The van der Waals surface area contributed by atoms with Gasteiger partial charge in [-0.2, -0.15) is 0 Å². The third-order valence-corrected chi connectivity index (χ3v) is 19.7. The first kappa shape index (κ1) is 111. The number of quaternary nitrogens is 5. The molecule has 10 heteroatoms. The van der Waals surface area contributed by atoms with E-state index in [9.17, 15) is 0 Å². The third-order valence-electron chi connectivity index (χ3n) is 19.7. The lowest BCUT2D eigenvalue weighted by atomic mass is 10.1. The van der Waals surface area contributed by atoms with Crippen LogP contribution in [0.15, 0.2) is 0 Å². The van der Waals surface area contributed by atoms with E-state index in [1.807, 2.05) is 0 Å². The van der Waals surface area contributed by atoms with Gasteiger partial charge in [0.15, 0.2) is 0 Å². The van der Waals surface area contributed by atoms with Crippen molar-refractivity contribution in [3.63, 3.8) is 0 Å². The SMILES string of the molecule is CCCC[N+](CCCC)(CCCC)CCCC.CCCC[N+](CCCC)(CCCC)CCCC.CCCC[N+](CCCC)(CCCC)CCCC.CCCC[N+](CCCC)(CCCC)CCCC.CCCC[N+](CCCC)(CCCC)CCCC.[F-].[F-].[F-].[F-].[F-]. The van der Waals surface area contributed by atoms with Gasteiger partial charge in [-0.25, -0.2) is 0 Å². The van der Waals surface area contributed by atoms with Gasteiger partial charge in [-0.15, -0.1) is 0 Å². The molecular formula is C80H180F5N5. The first-order chi connectivity index (χ1) is 41.2. The number of hydrogen-bond donors (Lipinski definition) is 0. The third kappa shape index (κ3) is 66.1. The molecule has 0 unspecified atom stereocenters. The van der Waals surface area contributed by atoms with Gasteiger partial charge < -0.3 is 45.9 Å². The molecule has 0 saturated heterocycles. The molecule has 0 radical (unpaired) electrons. The van der Waals surface area contributed by atoms with Crippen molar-refractivity contribution in [2.45, 2.75) is 395 Å². The van der Waals surface area contributed by atoms with Gasteiger partial charge in [-0.3, -0.25) is 0 Å². The van der Waals surface area contributed by atoms with Crippen molar-refractivity contribution in [2.75, 3.05) is 131 Å². The highest BCUT2D eigenvalue weighted by molar-refractivity contribution is 4.55. The maximum atomic E-state index is 2.33. The molecule has 560 valence electrons. The average Bonchev–Trinajstić information content (AvgIpc) is 3.64. The summed E-state index contributed by atoms with van der Waals surface area (Å²) in [6.45, 7) is 75.1. The molecular weight excluding hydrogens is 1130 g/mol. The van der Waals surface area contributed by atoms with E-state index in [4.69, 9.17) is 0 Å². The fourth-order valence-corrected chi connectivity index (χ4v) is 13.2. The van der Waals surface area contributed by atoms with Gasteiger partial charge >= 0.3 is 0 Å². The van der Waals surface area contributed by atoms with Crippen LogP contribution in [0.25, 0.3) is 0 Å². The molecule has 0 aliphatic rings. The largest absolute Gasteiger partial charge is 1.00 e. The van der Waals surface area contributed by atoms with Crippen LogP contribution >= 0.6 is 0 Å². The number of halogens is 5. The van der Waals surface area contributed by atoms with E-state index < -0.39 is 0 Å². The Bertz CT molecular complexity index is 817. The molecule has 0 bridgehead atoms. The molecule has 0 N–H and O–H groups in total. The topological polar surface area (TPSA) is 0 Å². The van der Waals surface area contributed by atoms with Gasteiger partial charge in [-0.05, 0) is 128 Å². The normalized spacial score (nSPS) is 11.3. The van der Waals surface area contributed by atoms with Crippen LogP contribution in [0.3, 0.4) is 0 Å². The highest BCUT2D eigenvalue weighted by atomic mass is 19.0. The molecule has 0 fully saturated rings. The first-order valence-electron chi connectivity index (χ1n) is 40.5. The molecule has 0 aromatic rings. The van der Waals surface area contributed by atoms with Crippen LogP contribution in [0.1, 0.15) is 395 Å². The lowest BCUT2D eigenvalue weighted by Gasteiger charge is -2.39. The Kier molecular flexibility index (Phi) is 104. The van der Waals surface area contributed by atoms with Crippen LogP contribution in [0.5, 0.6) is 0 Å². The van der Waals surface area contributed by atoms with E-state index in [-0.39, 0.29) is 23.5 Å². The highest BCUT2D eigenvalue weighted by Gasteiger charge is 2.29. The fourth-order valence-electron chi connectivity index (χ4n) is 13.2. The van der Waals surface area contributed by atoms with Gasteiger partial charge in [0.25, 0.3) is 0 Å². The maximum absolute atomic E-state index is 2.33. The summed E-state index contributed by atoms with van der Waals surface area (Å²) >= 11 is 0. The van der Waals surface area contributed by atoms with E-state index in [0.717, 1.165) is 0 Å². The highest BCUT2D eigenvalue weighted by Crippen LogP contribution is 2.21. The van der Waals surface area contributed by atoms with E-state index in [1.165, 1.54) is 410 Å². The summed E-state index contributed by atoms with van der Waals surface area (Å²) < 4.78 is 7.10. The minimum Gasteiger partial charge on any atom is -1.00 e. The van der Waals surface area contributed by atoms with Gasteiger partial charge in [0, 0.05) is 0 Å². The second kappa shape index (κ2) is 84.5. The molecule has 90 heavy (non-hydrogen) atoms. The van der Waals surface area contributed by atoms with E-state index in [2.05, 4.69) is 138 Å². The minimum atomic E-state index is 0. The average molecular weight is 1310 g/mol. The van der Waals surface area contributed by atoms with Crippen molar-refractivity contribution in [1.29, 1.82) is 0 Å². The Balaban J connectivity index is -0.000000110. The zero-order chi connectivity index (χ0) is 64.9. The van der Waals surface area contributed by atoms with Crippen LogP contribution in [0.4, 0.5) is 0 Å². The quantitative estimate of drug-likeness (QED) is 0.0421. The van der Waals surface area contributed by atoms with Gasteiger partial charge in [0.1, 0.15) is 0 Å². The van der Waals surface area contributed by atoms with E-state index in [1.54, 1.807) is 0 Å². The fraction of sp³-hybridized carbons (Fsp3) is 1.00. The molecule has 0 rings (SSSR count). The van der Waals surface area contributed by atoms with Crippen LogP contribution < -0.4 is 23.5 Å². The zero-order valence-corrected chi connectivity index (χ0v) is 66.6. The lowest BCUT2D eigenvalue weighted by Crippen LogP contribution is -3.00. The molecule has 0 saturated carbocycles. The second-order valence-electron chi connectivity index (χ2n) is 28.3. The van der Waals surface area contributed by atoms with Crippen molar-refractivity contribution < 1.29 is 45.9 Å². The lowest BCUT2D eigenvalue weighted by molar-refractivity contribution is -0.929. The summed E-state index contributed by atoms with van der Waals surface area (Å²) in [6, 6.07) is 0. The van der Waals surface area contributed by atoms with Crippen molar-refractivity contribution in [3.05, 3.63) is 0 Å². The standard InChI is InChI=1S/5C16H36N.5FH/c5*1-5-9-13-17(14-10-6-2,15-11-7-3)16-12-8-4;;;;;/h5*5-16H2,1-4H3;5*1H/q5*+1;;;;;/p-5. The minimum absolute atomic E-state index is 0. The van der Waals surface area contributed by atoms with E-state index >= 15 is 0 Å². The van der Waals surface area contributed by atoms with Crippen LogP contribution in [-0.4, -0.2) is 153 Å². The molecule has 0 heterocycles. The van der Waals surface area contributed by atoms with Crippen molar-refractivity contribution >= 4 is 0 Å². The number of rotatable bonds is 60. The molecule has 0 atom stereocenters. The van der Waals surface area contributed by atoms with Crippen LogP contribution in [0.2, 0.25) is 0 Å². The number of nitrogens with zero attached hydrogens (tertiary/aromatic N) is 5. The summed E-state index contributed by atoms with van der Waals surface area (Å²) in [6.07, 6.45) is 55.3. The molecule has 0 aromatic heterocycles. The summed E-state index contributed by atoms with van der Waals surface area (Å²) in [7, 11) is 0. The van der Waals surface area contributed by atoms with Crippen molar-refractivity contribution in [1.82, 2.24) is 0 Å². The maximum Gasteiger partial charge on any atom is 0.0786 e. The summed E-state index contributed by atoms with van der Waals surface area (Å²) in [5.41, 5.74) is 0. The number of hydrogen-bond acceptors (Lipinski definition) is 0. The van der Waals surface area contributed by atoms with Gasteiger partial charge in [-0.1, -0.05) is 267 Å². The zero-order valence-electron chi connectivity index (χ0n) is 66.6. The Morgan fingerprint density at radius 2 is 0.144 bits per heavy atom. The molecule has 0 aliphatic heterocycles. The second-order valence-corrected chi connectivity index (χ2v) is 28.3. The monoisotopic (exact) mass is 1310 g/mol. The Morgan fingerprint density at radius 1 is 0.100 bits per heavy atom. The summed E-state index contributed by atoms with van der Waals surface area (Å²) in [4.78, 5) is 0. The van der Waals surface area contributed by atoms with Crippen LogP contribution in [0, 0.1) is 0 Å². The summed E-state index contributed by atoms with van der Waals surface area (Å²) in [5, 5.41) is 0. The predicted molar refractivity (Wildman–Crippen MR) is 397 cm³/mol. The van der Waals surface area contributed by atoms with Crippen LogP contribution in [-0.2, 0) is 0 Å². The van der Waals surface area contributed by atoms with Gasteiger partial charge in [0.2, 0.25) is 0 Å². The summed E-state index contributed by atoms with van der Waals surface area (Å²) in [5.74, 6) is 0. The predicted octanol–water partition coefficient (Wildman–Crippen LogP) is 10.0. The molecule has 0 aliphatic carbocycles. The Labute approximate surface area is 569 Å². The van der Waals surface area contributed by atoms with Crippen molar-refractivity contribution in [3.8, 4) is 0 Å². The number of unbranched alkanes of at least 4 members (excludes halogenated alkanes) is 20. The smallest absolute Gasteiger partial charge is 0.0786 e. The van der Waals surface area contributed by atoms with E-state index in [0.29, 0.717) is 0 Å². The van der Waals surface area contributed by atoms with Crippen molar-refractivity contribution in [2.24, 2.45) is 0 Å². The van der Waals surface area contributed by atoms with Gasteiger partial charge in [0.05, 0.1) is 131 Å². The molecule has 0 aromatic carbocycles. The molecule has 0 amide bonds. The molecule has 5 nitrogen and oxygen atoms in total. The first-order valence-corrected chi connectivity index (χ1v) is 40.5. The molecule has 0 spiro atoms. The Morgan fingerprint density at radius 3 is 0.178 bits per heavy atom. The Hall–Kier alpha value is -0.550.